The lowest BCUT2D eigenvalue weighted by molar-refractivity contribution is -0.145. The number of guanidine groups is 1. The average Bonchev–Trinajstić information content (AvgIpc) is 3.22. The largest absolute Gasteiger partial charge is 0.469 e. The maximum atomic E-state index is 12.3. The van der Waals surface area contributed by atoms with Gasteiger partial charge in [-0.25, -0.2) is 9.48 Å². The van der Waals surface area contributed by atoms with E-state index in [4.69, 9.17) is 4.74 Å². The number of hydrogen-bond donors (Lipinski definition) is 1. The minimum Gasteiger partial charge on any atom is -0.469 e. The first-order chi connectivity index (χ1) is 13.0. The van der Waals surface area contributed by atoms with Crippen LogP contribution in [-0.2, 0) is 29.0 Å². The minimum atomic E-state index is -0.163. The van der Waals surface area contributed by atoms with Crippen molar-refractivity contribution >= 4 is 11.9 Å². The number of rotatable bonds is 5. The second-order valence-electron chi connectivity index (χ2n) is 7.37. The summed E-state index contributed by atoms with van der Waals surface area (Å²) in [4.78, 5) is 30.6. The summed E-state index contributed by atoms with van der Waals surface area (Å²) >= 11 is 0. The highest BCUT2D eigenvalue weighted by Crippen LogP contribution is 2.24. The molecule has 1 fully saturated rings. The monoisotopic (exact) mass is 378 g/mol. The number of fused-ring (bicyclic) bond motifs is 1. The summed E-state index contributed by atoms with van der Waals surface area (Å²) < 4.78 is 8.27. The van der Waals surface area contributed by atoms with E-state index in [1.165, 1.54) is 7.11 Å². The summed E-state index contributed by atoms with van der Waals surface area (Å²) in [6, 6.07) is 0. The summed E-state index contributed by atoms with van der Waals surface area (Å²) in [6.07, 6.45) is 3.83. The standard InChI is InChI=1S/C18H30N6O3/c1-13-11-22(12-14(13)16(25)27-3)17(19-2)20-8-6-10-24-18(26)23-9-5-4-7-15(23)21-24/h13-14H,4-12H2,1-3H3,(H,19,20). The molecule has 3 rings (SSSR count). The normalized spacial score (nSPS) is 22.6. The Bertz CT molecular complexity index is 753. The van der Waals surface area contributed by atoms with E-state index in [-0.39, 0.29) is 23.5 Å². The van der Waals surface area contributed by atoms with Crippen LogP contribution in [0.15, 0.2) is 9.79 Å². The molecular formula is C18H30N6O3. The highest BCUT2D eigenvalue weighted by atomic mass is 16.5. The van der Waals surface area contributed by atoms with E-state index < -0.39 is 0 Å². The van der Waals surface area contributed by atoms with E-state index in [0.717, 1.165) is 50.6 Å². The van der Waals surface area contributed by atoms with Crippen LogP contribution in [0.4, 0.5) is 0 Å². The van der Waals surface area contributed by atoms with Gasteiger partial charge < -0.3 is 15.0 Å². The van der Waals surface area contributed by atoms with Gasteiger partial charge in [0.05, 0.1) is 13.0 Å². The van der Waals surface area contributed by atoms with Crippen LogP contribution in [0.25, 0.3) is 0 Å². The van der Waals surface area contributed by atoms with Crippen LogP contribution in [0.5, 0.6) is 0 Å². The van der Waals surface area contributed by atoms with E-state index in [1.807, 2.05) is 0 Å². The van der Waals surface area contributed by atoms with Gasteiger partial charge >= 0.3 is 11.7 Å². The van der Waals surface area contributed by atoms with Gasteiger partial charge in [-0.2, -0.15) is 5.10 Å². The maximum Gasteiger partial charge on any atom is 0.345 e. The zero-order valence-corrected chi connectivity index (χ0v) is 16.5. The number of esters is 1. The molecule has 0 amide bonds. The second kappa shape index (κ2) is 8.58. The van der Waals surface area contributed by atoms with Gasteiger partial charge in [0.25, 0.3) is 0 Å². The van der Waals surface area contributed by atoms with E-state index >= 15 is 0 Å². The molecule has 27 heavy (non-hydrogen) atoms. The molecular weight excluding hydrogens is 348 g/mol. The first kappa shape index (κ1) is 19.4. The fourth-order valence-corrected chi connectivity index (χ4v) is 3.95. The predicted octanol–water partition coefficient (Wildman–Crippen LogP) is 0.0875. The summed E-state index contributed by atoms with van der Waals surface area (Å²) in [7, 11) is 3.17. The van der Waals surface area contributed by atoms with Crippen molar-refractivity contribution < 1.29 is 9.53 Å². The molecule has 9 nitrogen and oxygen atoms in total. The Kier molecular flexibility index (Phi) is 6.18. The molecule has 3 heterocycles. The number of hydrogen-bond acceptors (Lipinski definition) is 5. The number of ether oxygens (including phenoxy) is 1. The molecule has 150 valence electrons. The lowest BCUT2D eigenvalue weighted by atomic mass is 9.99. The smallest absolute Gasteiger partial charge is 0.345 e. The first-order valence-electron chi connectivity index (χ1n) is 9.75. The SMILES string of the molecule is CN=C(NCCCn1nc2n(c1=O)CCCC2)N1CC(C)C(C(=O)OC)C1. The third-order valence-corrected chi connectivity index (χ3v) is 5.49. The van der Waals surface area contributed by atoms with Crippen molar-refractivity contribution in [3.63, 3.8) is 0 Å². The van der Waals surface area contributed by atoms with Crippen molar-refractivity contribution in [2.75, 3.05) is 33.8 Å². The summed E-state index contributed by atoms with van der Waals surface area (Å²) in [6.45, 7) is 5.50. The Morgan fingerprint density at radius 1 is 1.37 bits per heavy atom. The zero-order valence-electron chi connectivity index (χ0n) is 16.5. The van der Waals surface area contributed by atoms with Crippen molar-refractivity contribution in [3.8, 4) is 0 Å². The molecule has 0 saturated carbocycles. The molecule has 0 aromatic carbocycles. The number of methoxy groups -OCH3 is 1. The van der Waals surface area contributed by atoms with Crippen molar-refractivity contribution in [1.82, 2.24) is 24.6 Å². The van der Waals surface area contributed by atoms with Gasteiger partial charge in [-0.05, 0) is 25.2 Å². The average molecular weight is 378 g/mol. The molecule has 2 aliphatic heterocycles. The van der Waals surface area contributed by atoms with E-state index in [9.17, 15) is 9.59 Å². The van der Waals surface area contributed by atoms with Crippen LogP contribution in [-0.4, -0.2) is 65.0 Å². The first-order valence-corrected chi connectivity index (χ1v) is 9.75. The maximum absolute atomic E-state index is 12.3. The Morgan fingerprint density at radius 3 is 2.89 bits per heavy atom. The number of carbonyl (C=O) groups is 1. The van der Waals surface area contributed by atoms with Gasteiger partial charge in [-0.1, -0.05) is 6.92 Å². The molecule has 2 atom stereocenters. The number of likely N-dealkylation sites (tertiary alicyclic amines) is 1. The molecule has 1 aromatic heterocycles. The molecule has 0 aliphatic carbocycles. The van der Waals surface area contributed by atoms with Crippen LogP contribution in [0.2, 0.25) is 0 Å². The number of nitrogens with zero attached hydrogens (tertiary/aromatic N) is 5. The van der Waals surface area contributed by atoms with Crippen LogP contribution in [0.3, 0.4) is 0 Å². The molecule has 2 aliphatic rings. The van der Waals surface area contributed by atoms with Gasteiger partial charge in [-0.15, -0.1) is 0 Å². The molecule has 2 unspecified atom stereocenters. The Hall–Kier alpha value is -2.32. The van der Waals surface area contributed by atoms with Crippen LogP contribution < -0.4 is 11.0 Å². The fourth-order valence-electron chi connectivity index (χ4n) is 3.95. The highest BCUT2D eigenvalue weighted by Gasteiger charge is 2.36. The minimum absolute atomic E-state index is 0.00312. The Morgan fingerprint density at radius 2 is 2.19 bits per heavy atom. The molecule has 1 N–H and O–H groups in total. The Labute approximate surface area is 159 Å². The van der Waals surface area contributed by atoms with E-state index in [1.54, 1.807) is 16.3 Å². The number of aryl methyl sites for hydroxylation is 2. The predicted molar refractivity (Wildman–Crippen MR) is 102 cm³/mol. The summed E-state index contributed by atoms with van der Waals surface area (Å²) in [5.41, 5.74) is 0.00312. The quantitative estimate of drug-likeness (QED) is 0.338. The molecule has 0 bridgehead atoms. The van der Waals surface area contributed by atoms with Gasteiger partial charge in [0, 0.05) is 46.2 Å². The van der Waals surface area contributed by atoms with Crippen molar-refractivity contribution in [3.05, 3.63) is 16.3 Å². The fraction of sp³-hybridized carbons (Fsp3) is 0.778. The molecule has 0 spiro atoms. The highest BCUT2D eigenvalue weighted by molar-refractivity contribution is 5.82. The van der Waals surface area contributed by atoms with Crippen LogP contribution in [0.1, 0.15) is 32.0 Å². The van der Waals surface area contributed by atoms with Crippen molar-refractivity contribution in [1.29, 1.82) is 0 Å². The molecule has 0 radical (unpaired) electrons. The van der Waals surface area contributed by atoms with Gasteiger partial charge in [-0.3, -0.25) is 14.4 Å². The summed E-state index contributed by atoms with van der Waals surface area (Å²) in [5.74, 6) is 1.64. The van der Waals surface area contributed by atoms with Gasteiger partial charge in [0.2, 0.25) is 0 Å². The zero-order chi connectivity index (χ0) is 19.4. The van der Waals surface area contributed by atoms with Crippen LogP contribution >= 0.6 is 0 Å². The van der Waals surface area contributed by atoms with Gasteiger partial charge in [0.1, 0.15) is 5.82 Å². The van der Waals surface area contributed by atoms with Gasteiger partial charge in [0.15, 0.2) is 5.96 Å². The molecule has 1 aromatic rings. The second-order valence-corrected chi connectivity index (χ2v) is 7.37. The van der Waals surface area contributed by atoms with Crippen LogP contribution in [0, 0.1) is 11.8 Å². The number of nitrogens with one attached hydrogen (secondary N) is 1. The van der Waals surface area contributed by atoms with E-state index in [2.05, 4.69) is 27.2 Å². The third kappa shape index (κ3) is 4.17. The summed E-state index contributed by atoms with van der Waals surface area (Å²) in [5, 5.41) is 7.80. The topological polar surface area (TPSA) is 93.8 Å². The Balaban J connectivity index is 1.49. The number of aromatic nitrogens is 3. The lowest BCUT2D eigenvalue weighted by Crippen LogP contribution is -2.41. The number of carbonyl (C=O) groups excluding carboxylic acids is 1. The molecule has 9 heteroatoms. The van der Waals surface area contributed by atoms with Crippen molar-refractivity contribution in [2.24, 2.45) is 16.8 Å². The third-order valence-electron chi connectivity index (χ3n) is 5.49. The van der Waals surface area contributed by atoms with E-state index in [0.29, 0.717) is 19.6 Å². The number of aliphatic imine (C=N–C) groups is 1. The lowest BCUT2D eigenvalue weighted by Gasteiger charge is -2.21. The van der Waals surface area contributed by atoms with Crippen molar-refractivity contribution in [2.45, 2.75) is 45.7 Å². The molecule has 1 saturated heterocycles.